The second-order valence-corrected chi connectivity index (χ2v) is 6.92. The largest absolute Gasteiger partial charge is 0.472 e. The Morgan fingerprint density at radius 1 is 0.957 bits per heavy atom. The summed E-state index contributed by atoms with van der Waals surface area (Å²) in [6, 6.07) is 0. The van der Waals surface area contributed by atoms with E-state index < -0.39 is 7.82 Å². The summed E-state index contributed by atoms with van der Waals surface area (Å²) in [5.41, 5.74) is 0.438. The van der Waals surface area contributed by atoms with Gasteiger partial charge in [-0.25, -0.2) is 9.36 Å². The van der Waals surface area contributed by atoms with E-state index in [-0.39, 0.29) is 19.2 Å². The van der Waals surface area contributed by atoms with Crippen molar-refractivity contribution in [3.8, 4) is 0 Å². The summed E-state index contributed by atoms with van der Waals surface area (Å²) in [6.07, 6.45) is 8.15. The maximum atomic E-state index is 11.2. The third-order valence-electron chi connectivity index (χ3n) is 3.17. The van der Waals surface area contributed by atoms with Crippen LogP contribution in [-0.2, 0) is 23.1 Å². The summed E-state index contributed by atoms with van der Waals surface area (Å²) in [5, 5.41) is 0. The van der Waals surface area contributed by atoms with E-state index in [1.165, 1.54) is 0 Å². The van der Waals surface area contributed by atoms with Crippen LogP contribution in [0.5, 0.6) is 0 Å². The minimum atomic E-state index is -3.82. The monoisotopic (exact) mass is 350 g/mol. The molecule has 0 radical (unpaired) electrons. The van der Waals surface area contributed by atoms with E-state index in [2.05, 4.69) is 11.1 Å². The number of rotatable bonds is 15. The van der Waals surface area contributed by atoms with Crippen molar-refractivity contribution in [2.24, 2.45) is 0 Å². The molecular formula is C16H31O6P. The molecule has 0 aliphatic rings. The van der Waals surface area contributed by atoms with E-state index >= 15 is 0 Å². The van der Waals surface area contributed by atoms with Gasteiger partial charge in [0.2, 0.25) is 0 Å². The normalized spacial score (nSPS) is 13.5. The molecule has 6 nitrogen and oxygen atoms in total. The van der Waals surface area contributed by atoms with Gasteiger partial charge < -0.3 is 9.63 Å². The summed E-state index contributed by atoms with van der Waals surface area (Å²) in [6.45, 7) is 7.70. The fraction of sp³-hybridized carbons (Fsp3) is 0.812. The highest BCUT2D eigenvalue weighted by molar-refractivity contribution is 7.47. The first-order valence-electron chi connectivity index (χ1n) is 8.33. The van der Waals surface area contributed by atoms with Gasteiger partial charge in [-0.2, -0.15) is 0 Å². The maximum absolute atomic E-state index is 11.2. The van der Waals surface area contributed by atoms with Gasteiger partial charge >= 0.3 is 13.8 Å². The maximum Gasteiger partial charge on any atom is 0.472 e. The van der Waals surface area contributed by atoms with Crippen molar-refractivity contribution < 1.29 is 28.0 Å². The van der Waals surface area contributed by atoms with Crippen LogP contribution in [0.25, 0.3) is 0 Å². The number of hydrogen-bond acceptors (Lipinski definition) is 5. The highest BCUT2D eigenvalue weighted by Gasteiger charge is 2.18. The number of carbonyl (C=O) groups excluding carboxylic acids is 1. The van der Waals surface area contributed by atoms with Crippen molar-refractivity contribution in [1.29, 1.82) is 0 Å². The van der Waals surface area contributed by atoms with Crippen LogP contribution in [0.3, 0.4) is 0 Å². The Hall–Kier alpha value is -0.680. The number of unbranched alkanes of at least 4 members (excludes halogenated alkanes) is 7. The molecule has 0 saturated carbocycles. The molecule has 0 spiro atoms. The van der Waals surface area contributed by atoms with Crippen molar-refractivity contribution in [3.05, 3.63) is 12.2 Å². The Balaban J connectivity index is 3.27. The van der Waals surface area contributed by atoms with Crippen LogP contribution in [0.4, 0.5) is 0 Å². The van der Waals surface area contributed by atoms with Gasteiger partial charge in [0.25, 0.3) is 0 Å². The first-order valence-corrected chi connectivity index (χ1v) is 9.83. The molecule has 0 aliphatic carbocycles. The molecule has 0 rings (SSSR count). The van der Waals surface area contributed by atoms with Gasteiger partial charge in [0, 0.05) is 5.57 Å². The van der Waals surface area contributed by atoms with Crippen molar-refractivity contribution in [3.63, 3.8) is 0 Å². The molecule has 23 heavy (non-hydrogen) atoms. The van der Waals surface area contributed by atoms with Gasteiger partial charge in [-0.15, -0.1) is 0 Å². The highest BCUT2D eigenvalue weighted by atomic mass is 31.2. The quantitative estimate of drug-likeness (QED) is 0.204. The SMILES string of the molecule is C=C(C)C(=O)OCCCCCCCCCCOP(=O)(O)OCC. The average molecular weight is 350 g/mol. The summed E-state index contributed by atoms with van der Waals surface area (Å²) >= 11 is 0. The topological polar surface area (TPSA) is 82.1 Å². The Morgan fingerprint density at radius 2 is 1.43 bits per heavy atom. The molecule has 1 unspecified atom stereocenters. The van der Waals surface area contributed by atoms with E-state index in [0.717, 1.165) is 51.4 Å². The minimum Gasteiger partial charge on any atom is -0.462 e. The second-order valence-electron chi connectivity index (χ2n) is 5.46. The zero-order valence-corrected chi connectivity index (χ0v) is 15.3. The summed E-state index contributed by atoms with van der Waals surface area (Å²) < 4.78 is 25.7. The van der Waals surface area contributed by atoms with E-state index in [0.29, 0.717) is 12.2 Å². The Bertz CT molecular complexity index is 383. The van der Waals surface area contributed by atoms with E-state index in [4.69, 9.17) is 9.26 Å². The fourth-order valence-electron chi connectivity index (χ4n) is 1.93. The molecule has 0 aromatic carbocycles. The third-order valence-corrected chi connectivity index (χ3v) is 4.26. The lowest BCUT2D eigenvalue weighted by molar-refractivity contribution is -0.139. The van der Waals surface area contributed by atoms with Gasteiger partial charge in [-0.1, -0.05) is 45.1 Å². The molecule has 0 fully saturated rings. The van der Waals surface area contributed by atoms with Crippen LogP contribution >= 0.6 is 7.82 Å². The lowest BCUT2D eigenvalue weighted by atomic mass is 10.1. The van der Waals surface area contributed by atoms with Crippen molar-refractivity contribution in [2.45, 2.75) is 65.2 Å². The van der Waals surface area contributed by atoms with Gasteiger partial charge in [-0.3, -0.25) is 9.05 Å². The standard InChI is InChI=1S/C16H31O6P/c1-4-21-23(18,19)22-14-12-10-8-6-5-7-9-11-13-20-16(17)15(2)3/h2,4-14H2,1,3H3,(H,18,19). The van der Waals surface area contributed by atoms with E-state index in [9.17, 15) is 14.3 Å². The van der Waals surface area contributed by atoms with Crippen LogP contribution in [0.15, 0.2) is 12.2 Å². The van der Waals surface area contributed by atoms with Crippen molar-refractivity contribution in [2.75, 3.05) is 19.8 Å². The molecule has 0 heterocycles. The molecule has 1 atom stereocenters. The lowest BCUT2D eigenvalue weighted by Crippen LogP contribution is -2.05. The van der Waals surface area contributed by atoms with E-state index in [1.54, 1.807) is 13.8 Å². The average Bonchev–Trinajstić information content (AvgIpc) is 2.47. The van der Waals surface area contributed by atoms with Crippen molar-refractivity contribution in [1.82, 2.24) is 0 Å². The molecule has 0 bridgehead atoms. The number of hydrogen-bond donors (Lipinski definition) is 1. The second kappa shape index (κ2) is 13.7. The molecule has 7 heteroatoms. The molecule has 0 aliphatic heterocycles. The van der Waals surface area contributed by atoms with Gasteiger partial charge in [-0.05, 0) is 26.7 Å². The number of ether oxygens (including phenoxy) is 1. The zero-order valence-electron chi connectivity index (χ0n) is 14.4. The van der Waals surface area contributed by atoms with Crippen molar-refractivity contribution >= 4 is 13.8 Å². The first-order chi connectivity index (χ1) is 10.9. The van der Waals surface area contributed by atoms with Crippen LogP contribution in [-0.4, -0.2) is 30.7 Å². The van der Waals surface area contributed by atoms with Crippen LogP contribution in [0, 0.1) is 0 Å². The lowest BCUT2D eigenvalue weighted by Gasteiger charge is -2.10. The minimum absolute atomic E-state index is 0.167. The Kier molecular flexibility index (Phi) is 13.3. The number of carbonyl (C=O) groups is 1. The summed E-state index contributed by atoms with van der Waals surface area (Å²) in [5.74, 6) is -0.316. The van der Waals surface area contributed by atoms with Crippen LogP contribution in [0.2, 0.25) is 0 Å². The Labute approximate surface area is 139 Å². The zero-order chi connectivity index (χ0) is 17.6. The number of phosphoric acid groups is 1. The summed E-state index contributed by atoms with van der Waals surface area (Å²) in [4.78, 5) is 20.3. The molecule has 0 saturated heterocycles. The van der Waals surface area contributed by atoms with Gasteiger partial charge in [0.1, 0.15) is 0 Å². The molecule has 0 aromatic heterocycles. The first kappa shape index (κ1) is 22.3. The summed E-state index contributed by atoms with van der Waals surface area (Å²) in [7, 11) is -3.82. The van der Waals surface area contributed by atoms with Crippen LogP contribution < -0.4 is 0 Å². The highest BCUT2D eigenvalue weighted by Crippen LogP contribution is 2.42. The van der Waals surface area contributed by atoms with Gasteiger partial charge in [0.15, 0.2) is 0 Å². The predicted molar refractivity (Wildman–Crippen MR) is 90.1 cm³/mol. The number of phosphoric ester groups is 1. The molecule has 1 N–H and O–H groups in total. The molecule has 0 aromatic rings. The molecule has 0 amide bonds. The molecular weight excluding hydrogens is 319 g/mol. The Morgan fingerprint density at radius 3 is 1.91 bits per heavy atom. The fourth-order valence-corrected chi connectivity index (χ4v) is 2.69. The third kappa shape index (κ3) is 14.6. The van der Waals surface area contributed by atoms with Gasteiger partial charge in [0.05, 0.1) is 19.8 Å². The van der Waals surface area contributed by atoms with Crippen LogP contribution in [0.1, 0.15) is 65.2 Å². The number of esters is 1. The predicted octanol–water partition coefficient (Wildman–Crippen LogP) is 4.38. The van der Waals surface area contributed by atoms with E-state index in [1.807, 2.05) is 0 Å². The molecule has 136 valence electrons. The smallest absolute Gasteiger partial charge is 0.462 e.